The van der Waals surface area contributed by atoms with Crippen LogP contribution in [0.2, 0.25) is 0 Å². The fraction of sp³-hybridized carbons (Fsp3) is 0.364. The van der Waals surface area contributed by atoms with Crippen molar-refractivity contribution in [3.63, 3.8) is 0 Å². The molecule has 2 rings (SSSR count). The predicted molar refractivity (Wildman–Crippen MR) is 59.4 cm³/mol. The minimum absolute atomic E-state index is 0.0385. The number of rotatable bonds is 1. The fourth-order valence-corrected chi connectivity index (χ4v) is 2.00. The van der Waals surface area contributed by atoms with Gasteiger partial charge in [-0.1, -0.05) is 6.07 Å². The van der Waals surface area contributed by atoms with Gasteiger partial charge in [0.25, 0.3) is 0 Å². The lowest BCUT2D eigenvalue weighted by Gasteiger charge is -2.29. The van der Waals surface area contributed by atoms with Crippen molar-refractivity contribution >= 4 is 11.6 Å². The molecule has 0 bridgehead atoms. The van der Waals surface area contributed by atoms with Crippen molar-refractivity contribution < 1.29 is 18.0 Å². The number of nitrogens with zero attached hydrogens (tertiary/aromatic N) is 1. The highest BCUT2D eigenvalue weighted by Gasteiger charge is 2.43. The van der Waals surface area contributed by atoms with E-state index in [2.05, 4.69) is 5.43 Å². The third-order valence-electron chi connectivity index (χ3n) is 2.91. The molecular weight excluding hydrogens is 247 g/mol. The van der Waals surface area contributed by atoms with Gasteiger partial charge in [0.1, 0.15) is 0 Å². The van der Waals surface area contributed by atoms with E-state index in [1.165, 1.54) is 0 Å². The predicted octanol–water partition coefficient (Wildman–Crippen LogP) is 1.42. The molecule has 1 aromatic rings. The summed E-state index contributed by atoms with van der Waals surface area (Å²) in [5.74, 6) is 3.44. The van der Waals surface area contributed by atoms with E-state index in [-0.39, 0.29) is 13.1 Å². The molecule has 1 aliphatic rings. The number of nitrogens with one attached hydrogen (secondary N) is 1. The third kappa shape index (κ3) is 2.40. The average molecular weight is 259 g/mol. The third-order valence-corrected chi connectivity index (χ3v) is 2.91. The van der Waals surface area contributed by atoms with E-state index >= 15 is 0 Å². The lowest BCUT2D eigenvalue weighted by molar-refractivity contribution is -0.186. The quantitative estimate of drug-likeness (QED) is 0.592. The first-order valence-corrected chi connectivity index (χ1v) is 5.36. The molecule has 1 aliphatic heterocycles. The van der Waals surface area contributed by atoms with E-state index in [0.29, 0.717) is 17.7 Å². The number of fused-ring (bicyclic) bond motifs is 1. The van der Waals surface area contributed by atoms with Crippen LogP contribution in [0, 0.1) is 0 Å². The van der Waals surface area contributed by atoms with Gasteiger partial charge in [-0.2, -0.15) is 13.2 Å². The van der Waals surface area contributed by atoms with Gasteiger partial charge in [-0.05, 0) is 29.7 Å². The van der Waals surface area contributed by atoms with Gasteiger partial charge in [-0.15, -0.1) is 0 Å². The molecule has 0 atom stereocenters. The molecule has 3 N–H and O–H groups in total. The van der Waals surface area contributed by atoms with Crippen molar-refractivity contribution in [2.45, 2.75) is 19.1 Å². The van der Waals surface area contributed by atoms with Crippen LogP contribution in [0.4, 0.5) is 18.9 Å². The molecule has 0 saturated carbocycles. The molecule has 18 heavy (non-hydrogen) atoms. The van der Waals surface area contributed by atoms with Crippen molar-refractivity contribution in [2.24, 2.45) is 5.84 Å². The Kier molecular flexibility index (Phi) is 3.16. The molecule has 1 amide bonds. The lowest BCUT2D eigenvalue weighted by atomic mass is 9.99. The fourth-order valence-electron chi connectivity index (χ4n) is 2.00. The first-order valence-electron chi connectivity index (χ1n) is 5.36. The normalized spacial score (nSPS) is 15.2. The molecule has 98 valence electrons. The molecule has 4 nitrogen and oxygen atoms in total. The summed E-state index contributed by atoms with van der Waals surface area (Å²) in [6, 6.07) is 5.21. The Balaban J connectivity index is 2.21. The molecule has 1 heterocycles. The number of amides is 1. The van der Waals surface area contributed by atoms with Crippen LogP contribution in [0.15, 0.2) is 18.2 Å². The average Bonchev–Trinajstić information content (AvgIpc) is 2.35. The van der Waals surface area contributed by atoms with Crippen molar-refractivity contribution in [3.05, 3.63) is 29.3 Å². The molecule has 0 spiro atoms. The SMILES string of the molecule is NNc1ccc2c(c1)CN(C(=O)C(F)(F)F)CC2. The van der Waals surface area contributed by atoms with Gasteiger partial charge < -0.3 is 10.3 Å². The first kappa shape index (κ1) is 12.7. The number of nitrogen functional groups attached to an aromatic ring is 1. The van der Waals surface area contributed by atoms with E-state index in [1.807, 2.05) is 0 Å². The monoisotopic (exact) mass is 259 g/mol. The zero-order valence-electron chi connectivity index (χ0n) is 9.42. The van der Waals surface area contributed by atoms with Crippen molar-refractivity contribution in [1.29, 1.82) is 0 Å². The smallest absolute Gasteiger partial charge is 0.330 e. The van der Waals surface area contributed by atoms with Crippen molar-refractivity contribution in [2.75, 3.05) is 12.0 Å². The maximum atomic E-state index is 12.3. The van der Waals surface area contributed by atoms with E-state index in [0.717, 1.165) is 10.5 Å². The van der Waals surface area contributed by atoms with Crippen LogP contribution in [0.3, 0.4) is 0 Å². The highest BCUT2D eigenvalue weighted by atomic mass is 19.4. The van der Waals surface area contributed by atoms with Crippen LogP contribution >= 0.6 is 0 Å². The van der Waals surface area contributed by atoms with Crippen LogP contribution in [0.1, 0.15) is 11.1 Å². The molecular formula is C11H12F3N3O. The summed E-state index contributed by atoms with van der Waals surface area (Å²) < 4.78 is 37.0. The number of anilines is 1. The summed E-state index contributed by atoms with van der Waals surface area (Å²) in [7, 11) is 0. The number of benzene rings is 1. The zero-order chi connectivity index (χ0) is 13.3. The molecule has 0 saturated heterocycles. The molecule has 0 aliphatic carbocycles. The van der Waals surface area contributed by atoms with Crippen LogP contribution in [0.25, 0.3) is 0 Å². The Labute approximate surface area is 102 Å². The summed E-state index contributed by atoms with van der Waals surface area (Å²) >= 11 is 0. The van der Waals surface area contributed by atoms with E-state index in [4.69, 9.17) is 5.84 Å². The summed E-state index contributed by atoms with van der Waals surface area (Å²) in [4.78, 5) is 12.0. The van der Waals surface area contributed by atoms with Gasteiger partial charge in [0.2, 0.25) is 0 Å². The van der Waals surface area contributed by atoms with Gasteiger partial charge in [0.15, 0.2) is 0 Å². The van der Waals surface area contributed by atoms with Gasteiger partial charge >= 0.3 is 12.1 Å². The summed E-state index contributed by atoms with van der Waals surface area (Å²) in [6.07, 6.45) is -4.40. The number of halogens is 3. The number of carbonyl (C=O) groups excluding carboxylic acids is 1. The molecule has 0 radical (unpaired) electrons. The van der Waals surface area contributed by atoms with Crippen LogP contribution in [0.5, 0.6) is 0 Å². The standard InChI is InChI=1S/C11H12F3N3O/c12-11(13,14)10(18)17-4-3-7-1-2-9(16-15)5-8(7)6-17/h1-2,5,16H,3-4,6,15H2. The summed E-state index contributed by atoms with van der Waals surface area (Å²) in [5.41, 5.74) is 4.67. The highest BCUT2D eigenvalue weighted by molar-refractivity contribution is 5.82. The number of alkyl halides is 3. The largest absolute Gasteiger partial charge is 0.471 e. The molecule has 0 unspecified atom stereocenters. The molecule has 0 fully saturated rings. The number of hydrogen-bond acceptors (Lipinski definition) is 3. The van der Waals surface area contributed by atoms with Gasteiger partial charge in [0.05, 0.1) is 0 Å². The number of hydrazine groups is 1. The maximum absolute atomic E-state index is 12.3. The summed E-state index contributed by atoms with van der Waals surface area (Å²) in [6.45, 7) is 0.0456. The summed E-state index contributed by atoms with van der Waals surface area (Å²) in [5, 5.41) is 0. The van der Waals surface area contributed by atoms with Crippen LogP contribution in [-0.2, 0) is 17.8 Å². The van der Waals surface area contributed by atoms with Crippen LogP contribution in [-0.4, -0.2) is 23.5 Å². The Morgan fingerprint density at radius 1 is 1.33 bits per heavy atom. The zero-order valence-corrected chi connectivity index (χ0v) is 9.42. The van der Waals surface area contributed by atoms with Gasteiger partial charge in [-0.25, -0.2) is 0 Å². The molecule has 1 aromatic carbocycles. The minimum atomic E-state index is -4.82. The minimum Gasteiger partial charge on any atom is -0.330 e. The Morgan fingerprint density at radius 2 is 2.06 bits per heavy atom. The number of nitrogens with two attached hydrogens (primary N) is 1. The second kappa shape index (κ2) is 4.49. The van der Waals surface area contributed by atoms with Gasteiger partial charge in [-0.3, -0.25) is 10.6 Å². The van der Waals surface area contributed by atoms with E-state index in [1.54, 1.807) is 18.2 Å². The van der Waals surface area contributed by atoms with Crippen LogP contribution < -0.4 is 11.3 Å². The van der Waals surface area contributed by atoms with E-state index < -0.39 is 12.1 Å². The molecule has 7 heteroatoms. The topological polar surface area (TPSA) is 58.4 Å². The van der Waals surface area contributed by atoms with Gasteiger partial charge in [0, 0.05) is 18.8 Å². The van der Waals surface area contributed by atoms with Crippen molar-refractivity contribution in [1.82, 2.24) is 4.90 Å². The van der Waals surface area contributed by atoms with Crippen molar-refractivity contribution in [3.8, 4) is 0 Å². The Hall–Kier alpha value is -1.76. The maximum Gasteiger partial charge on any atom is 0.471 e. The lowest BCUT2D eigenvalue weighted by Crippen LogP contribution is -2.43. The molecule has 0 aromatic heterocycles. The second-order valence-corrected chi connectivity index (χ2v) is 4.10. The van der Waals surface area contributed by atoms with E-state index in [9.17, 15) is 18.0 Å². The Bertz CT molecular complexity index is 473. The second-order valence-electron chi connectivity index (χ2n) is 4.10. The number of carbonyl (C=O) groups is 1. The highest BCUT2D eigenvalue weighted by Crippen LogP contribution is 2.26. The Morgan fingerprint density at radius 3 is 2.67 bits per heavy atom. The number of hydrogen-bond donors (Lipinski definition) is 2. The first-order chi connectivity index (χ1) is 8.41.